The molecule has 0 spiro atoms. The molecule has 1 saturated heterocycles. The van der Waals surface area contributed by atoms with Crippen molar-refractivity contribution in [1.29, 1.82) is 0 Å². The Hall–Kier alpha value is -1.85. The van der Waals surface area contributed by atoms with Gasteiger partial charge in [-0.3, -0.25) is 4.90 Å². The van der Waals surface area contributed by atoms with Gasteiger partial charge in [0, 0.05) is 51.0 Å². The molecule has 1 aromatic heterocycles. The number of nitrogens with zero attached hydrogens (tertiary/aromatic N) is 2. The molecule has 0 bridgehead atoms. The monoisotopic (exact) mass is 273 g/mol. The van der Waals surface area contributed by atoms with Crippen LogP contribution in [0.4, 0.5) is 0 Å². The number of hydrogen-bond acceptors (Lipinski definition) is 3. The third-order valence-electron chi connectivity index (χ3n) is 3.99. The molecule has 5 heteroatoms. The summed E-state index contributed by atoms with van der Waals surface area (Å²) in [7, 11) is 2.01. The molecule has 1 aromatic carbocycles. The number of carboxylic acid groups (broad SMARTS) is 1. The average Bonchev–Trinajstić information content (AvgIpc) is 2.76. The predicted molar refractivity (Wildman–Crippen MR) is 78.0 cm³/mol. The van der Waals surface area contributed by atoms with Crippen LogP contribution in [0.1, 0.15) is 16.1 Å². The second kappa shape index (κ2) is 5.26. The number of nitrogens with one attached hydrogen (secondary N) is 1. The van der Waals surface area contributed by atoms with Gasteiger partial charge in [-0.25, -0.2) is 4.79 Å². The molecule has 2 heterocycles. The van der Waals surface area contributed by atoms with Crippen molar-refractivity contribution in [3.63, 3.8) is 0 Å². The molecular formula is C15H19N3O2. The molecule has 5 nitrogen and oxygen atoms in total. The third-order valence-corrected chi connectivity index (χ3v) is 3.99. The molecule has 20 heavy (non-hydrogen) atoms. The number of aromatic carboxylic acids is 1. The fraction of sp³-hybridized carbons (Fsp3) is 0.400. The lowest BCUT2D eigenvalue weighted by atomic mass is 10.1. The van der Waals surface area contributed by atoms with Crippen LogP contribution in [0.25, 0.3) is 10.9 Å². The third kappa shape index (κ3) is 2.42. The van der Waals surface area contributed by atoms with E-state index in [0.717, 1.165) is 43.6 Å². The van der Waals surface area contributed by atoms with Crippen LogP contribution in [0.5, 0.6) is 0 Å². The van der Waals surface area contributed by atoms with E-state index in [-0.39, 0.29) is 0 Å². The molecule has 106 valence electrons. The van der Waals surface area contributed by atoms with Gasteiger partial charge in [0.1, 0.15) is 0 Å². The summed E-state index contributed by atoms with van der Waals surface area (Å²) >= 11 is 0. The van der Waals surface area contributed by atoms with Crippen LogP contribution in [0.2, 0.25) is 0 Å². The fourth-order valence-corrected chi connectivity index (χ4v) is 2.77. The van der Waals surface area contributed by atoms with Crippen LogP contribution < -0.4 is 5.32 Å². The van der Waals surface area contributed by atoms with Crippen molar-refractivity contribution in [2.45, 2.75) is 6.54 Å². The Morgan fingerprint density at radius 3 is 2.75 bits per heavy atom. The number of aromatic nitrogens is 1. The molecule has 3 rings (SSSR count). The van der Waals surface area contributed by atoms with Gasteiger partial charge in [0.25, 0.3) is 0 Å². The van der Waals surface area contributed by atoms with E-state index in [1.165, 1.54) is 5.69 Å². The van der Waals surface area contributed by atoms with Crippen molar-refractivity contribution in [1.82, 2.24) is 14.8 Å². The zero-order valence-corrected chi connectivity index (χ0v) is 11.6. The lowest BCUT2D eigenvalue weighted by molar-refractivity contribution is 0.0697. The van der Waals surface area contributed by atoms with Gasteiger partial charge in [-0.15, -0.1) is 0 Å². The minimum absolute atomic E-state index is 0.340. The lowest BCUT2D eigenvalue weighted by Gasteiger charge is -2.27. The fourth-order valence-electron chi connectivity index (χ4n) is 2.77. The Morgan fingerprint density at radius 2 is 2.05 bits per heavy atom. The average molecular weight is 273 g/mol. The molecule has 1 fully saturated rings. The maximum atomic E-state index is 11.1. The van der Waals surface area contributed by atoms with Crippen molar-refractivity contribution in [3.8, 4) is 0 Å². The zero-order chi connectivity index (χ0) is 14.1. The molecule has 1 aliphatic heterocycles. The van der Waals surface area contributed by atoms with E-state index in [1.54, 1.807) is 12.1 Å². The van der Waals surface area contributed by atoms with Crippen LogP contribution in [-0.2, 0) is 13.6 Å². The second-order valence-corrected chi connectivity index (χ2v) is 5.30. The van der Waals surface area contributed by atoms with Crippen LogP contribution in [0.15, 0.2) is 24.3 Å². The number of piperazine rings is 1. The Kier molecular flexibility index (Phi) is 3.46. The summed E-state index contributed by atoms with van der Waals surface area (Å²) in [6, 6.07) is 7.46. The molecule has 0 aliphatic carbocycles. The van der Waals surface area contributed by atoms with Gasteiger partial charge in [-0.1, -0.05) is 6.07 Å². The highest BCUT2D eigenvalue weighted by molar-refractivity contribution is 5.93. The van der Waals surface area contributed by atoms with E-state index in [0.29, 0.717) is 5.56 Å². The number of benzene rings is 1. The minimum Gasteiger partial charge on any atom is -0.478 e. The number of hydrogen-bond donors (Lipinski definition) is 2. The molecule has 1 aliphatic rings. The number of carbonyl (C=O) groups is 1. The molecular weight excluding hydrogens is 254 g/mol. The Morgan fingerprint density at radius 1 is 1.30 bits per heavy atom. The van der Waals surface area contributed by atoms with Crippen molar-refractivity contribution < 1.29 is 9.90 Å². The number of aryl methyl sites for hydroxylation is 1. The maximum Gasteiger partial charge on any atom is 0.335 e. The summed E-state index contributed by atoms with van der Waals surface area (Å²) in [5, 5.41) is 13.5. The molecule has 0 saturated carbocycles. The molecule has 0 radical (unpaired) electrons. The lowest BCUT2D eigenvalue weighted by Crippen LogP contribution is -2.43. The van der Waals surface area contributed by atoms with Crippen LogP contribution in [0, 0.1) is 0 Å². The van der Waals surface area contributed by atoms with Crippen molar-refractivity contribution in [2.24, 2.45) is 7.05 Å². The molecule has 0 amide bonds. The number of rotatable bonds is 3. The van der Waals surface area contributed by atoms with Crippen molar-refractivity contribution >= 4 is 16.9 Å². The van der Waals surface area contributed by atoms with Gasteiger partial charge < -0.3 is 15.0 Å². The van der Waals surface area contributed by atoms with E-state index >= 15 is 0 Å². The topological polar surface area (TPSA) is 57.5 Å². The van der Waals surface area contributed by atoms with Gasteiger partial charge in [0.2, 0.25) is 0 Å². The summed E-state index contributed by atoms with van der Waals surface area (Å²) in [5.41, 5.74) is 2.55. The van der Waals surface area contributed by atoms with E-state index in [1.807, 2.05) is 13.1 Å². The zero-order valence-electron chi connectivity index (χ0n) is 11.6. The Labute approximate surface area is 117 Å². The standard InChI is InChI=1S/C15H19N3O2/c1-17-13(10-18-6-4-16-5-7-18)8-11-2-3-12(15(19)20)9-14(11)17/h2-3,8-9,16H,4-7,10H2,1H3,(H,19,20). The smallest absolute Gasteiger partial charge is 0.335 e. The highest BCUT2D eigenvalue weighted by Crippen LogP contribution is 2.21. The van der Waals surface area contributed by atoms with Gasteiger partial charge in [-0.05, 0) is 23.6 Å². The highest BCUT2D eigenvalue weighted by Gasteiger charge is 2.14. The van der Waals surface area contributed by atoms with Gasteiger partial charge in [0.05, 0.1) is 5.56 Å². The quantitative estimate of drug-likeness (QED) is 0.884. The van der Waals surface area contributed by atoms with E-state index < -0.39 is 5.97 Å². The predicted octanol–water partition coefficient (Wildman–Crippen LogP) is 1.28. The van der Waals surface area contributed by atoms with E-state index in [9.17, 15) is 4.79 Å². The molecule has 0 unspecified atom stereocenters. The van der Waals surface area contributed by atoms with Crippen LogP contribution >= 0.6 is 0 Å². The molecule has 2 N–H and O–H groups in total. The Balaban J connectivity index is 1.91. The van der Waals surface area contributed by atoms with Crippen molar-refractivity contribution in [2.75, 3.05) is 26.2 Å². The van der Waals surface area contributed by atoms with Crippen LogP contribution in [0.3, 0.4) is 0 Å². The summed E-state index contributed by atoms with van der Waals surface area (Å²) in [6.45, 7) is 5.10. The minimum atomic E-state index is -0.878. The summed E-state index contributed by atoms with van der Waals surface area (Å²) in [4.78, 5) is 13.5. The first kappa shape index (κ1) is 13.1. The normalized spacial score (nSPS) is 16.6. The summed E-state index contributed by atoms with van der Waals surface area (Å²) < 4.78 is 2.10. The van der Waals surface area contributed by atoms with E-state index in [4.69, 9.17) is 5.11 Å². The largest absolute Gasteiger partial charge is 0.478 e. The highest BCUT2D eigenvalue weighted by atomic mass is 16.4. The van der Waals surface area contributed by atoms with Crippen molar-refractivity contribution in [3.05, 3.63) is 35.5 Å². The molecule has 2 aromatic rings. The second-order valence-electron chi connectivity index (χ2n) is 5.30. The SMILES string of the molecule is Cn1c(CN2CCNCC2)cc2ccc(C(=O)O)cc21. The number of fused-ring (bicyclic) bond motifs is 1. The maximum absolute atomic E-state index is 11.1. The van der Waals surface area contributed by atoms with E-state index in [2.05, 4.69) is 20.9 Å². The van der Waals surface area contributed by atoms with Gasteiger partial charge in [-0.2, -0.15) is 0 Å². The first-order chi connectivity index (χ1) is 9.65. The van der Waals surface area contributed by atoms with Crippen LogP contribution in [-0.4, -0.2) is 46.7 Å². The van der Waals surface area contributed by atoms with Gasteiger partial charge in [0.15, 0.2) is 0 Å². The molecule has 0 atom stereocenters. The Bertz CT molecular complexity index is 642. The number of carboxylic acids is 1. The van der Waals surface area contributed by atoms with Gasteiger partial charge >= 0.3 is 5.97 Å². The summed E-state index contributed by atoms with van der Waals surface area (Å²) in [6.07, 6.45) is 0. The first-order valence-corrected chi connectivity index (χ1v) is 6.90. The first-order valence-electron chi connectivity index (χ1n) is 6.90. The summed E-state index contributed by atoms with van der Waals surface area (Å²) in [5.74, 6) is -0.878.